The van der Waals surface area contributed by atoms with Gasteiger partial charge in [-0.3, -0.25) is 14.2 Å². The van der Waals surface area contributed by atoms with Crippen molar-refractivity contribution in [2.24, 2.45) is 0 Å². The predicted molar refractivity (Wildman–Crippen MR) is 104 cm³/mol. The highest BCUT2D eigenvalue weighted by Gasteiger charge is 2.11. The normalized spacial score (nSPS) is 10.9. The number of rotatable bonds is 6. The molecule has 2 heterocycles. The van der Waals surface area contributed by atoms with Crippen molar-refractivity contribution in [3.63, 3.8) is 0 Å². The fraction of sp³-hybridized carbons (Fsp3) is 0.316. The number of carbonyl (C=O) groups excluding carboxylic acids is 1. The lowest BCUT2D eigenvalue weighted by molar-refractivity contribution is 0.0950. The van der Waals surface area contributed by atoms with E-state index in [9.17, 15) is 4.79 Å². The van der Waals surface area contributed by atoms with Crippen molar-refractivity contribution in [3.8, 4) is 0 Å². The number of hydrogen-bond donors (Lipinski definition) is 1. The molecule has 0 aliphatic carbocycles. The van der Waals surface area contributed by atoms with Gasteiger partial charge in [-0.1, -0.05) is 12.1 Å². The number of aryl methyl sites for hydroxylation is 2. The van der Waals surface area contributed by atoms with Crippen molar-refractivity contribution >= 4 is 21.8 Å². The molecule has 1 aromatic carbocycles. The van der Waals surface area contributed by atoms with Crippen LogP contribution in [0.15, 0.2) is 41.0 Å². The molecule has 2 aromatic heterocycles. The molecule has 0 bridgehead atoms. The largest absolute Gasteiger partial charge is 0.346 e. The summed E-state index contributed by atoms with van der Waals surface area (Å²) in [7, 11) is 0. The van der Waals surface area contributed by atoms with E-state index < -0.39 is 0 Å². The number of hydrogen-bond acceptors (Lipinski definition) is 3. The topological polar surface area (TPSA) is 64.7 Å². The Balaban J connectivity index is 1.70. The molecule has 7 heteroatoms. The first-order valence-electron chi connectivity index (χ1n) is 8.57. The summed E-state index contributed by atoms with van der Waals surface area (Å²) in [6, 6.07) is 9.57. The highest BCUT2D eigenvalue weighted by atomic mass is 79.9. The van der Waals surface area contributed by atoms with Crippen LogP contribution in [0.25, 0.3) is 0 Å². The smallest absolute Gasteiger partial charge is 0.251 e. The lowest BCUT2D eigenvalue weighted by atomic mass is 10.1. The molecule has 26 heavy (non-hydrogen) atoms. The number of amides is 1. The Morgan fingerprint density at radius 1 is 1.23 bits per heavy atom. The summed E-state index contributed by atoms with van der Waals surface area (Å²) in [6.45, 7) is 7.89. The zero-order chi connectivity index (χ0) is 18.7. The van der Waals surface area contributed by atoms with E-state index in [2.05, 4.69) is 31.4 Å². The number of carbonyl (C=O) groups is 1. The van der Waals surface area contributed by atoms with Crippen molar-refractivity contribution in [1.82, 2.24) is 24.9 Å². The van der Waals surface area contributed by atoms with Crippen LogP contribution in [-0.4, -0.2) is 25.5 Å². The highest BCUT2D eigenvalue weighted by Crippen LogP contribution is 2.20. The van der Waals surface area contributed by atoms with Gasteiger partial charge in [-0.2, -0.15) is 10.2 Å². The van der Waals surface area contributed by atoms with Crippen LogP contribution in [0.5, 0.6) is 0 Å². The van der Waals surface area contributed by atoms with E-state index >= 15 is 0 Å². The predicted octanol–water partition coefficient (Wildman–Crippen LogP) is 3.46. The molecule has 1 amide bonds. The van der Waals surface area contributed by atoms with Crippen LogP contribution >= 0.6 is 15.9 Å². The molecule has 0 saturated heterocycles. The monoisotopic (exact) mass is 415 g/mol. The van der Waals surface area contributed by atoms with Crippen molar-refractivity contribution in [3.05, 3.63) is 69.2 Å². The van der Waals surface area contributed by atoms with Crippen LogP contribution < -0.4 is 5.32 Å². The minimum absolute atomic E-state index is 0.0924. The summed E-state index contributed by atoms with van der Waals surface area (Å²) >= 11 is 3.55. The molecule has 136 valence electrons. The molecular weight excluding hydrogens is 394 g/mol. The van der Waals surface area contributed by atoms with E-state index in [-0.39, 0.29) is 5.91 Å². The Morgan fingerprint density at radius 2 is 2.04 bits per heavy atom. The van der Waals surface area contributed by atoms with Crippen LogP contribution in [0.1, 0.15) is 39.9 Å². The first kappa shape index (κ1) is 18.4. The number of aromatic nitrogens is 4. The molecule has 0 spiro atoms. The molecule has 0 atom stereocenters. The maximum atomic E-state index is 12.5. The van der Waals surface area contributed by atoms with E-state index in [1.54, 1.807) is 6.20 Å². The summed E-state index contributed by atoms with van der Waals surface area (Å²) < 4.78 is 4.84. The van der Waals surface area contributed by atoms with Gasteiger partial charge in [-0.15, -0.1) is 0 Å². The third-order valence-corrected chi connectivity index (χ3v) is 5.50. The molecule has 0 saturated carbocycles. The zero-order valence-corrected chi connectivity index (χ0v) is 16.7. The van der Waals surface area contributed by atoms with E-state index in [0.717, 1.165) is 33.7 Å². The first-order valence-corrected chi connectivity index (χ1v) is 9.36. The summed E-state index contributed by atoms with van der Waals surface area (Å²) in [6.07, 6.45) is 1.75. The summed E-state index contributed by atoms with van der Waals surface area (Å²) in [5.41, 5.74) is 4.71. The van der Waals surface area contributed by atoms with Gasteiger partial charge in [0.05, 0.1) is 34.6 Å². The Morgan fingerprint density at radius 3 is 2.73 bits per heavy atom. The Kier molecular flexibility index (Phi) is 5.56. The lowest BCUT2D eigenvalue weighted by Gasteiger charge is -2.09. The Bertz CT molecular complexity index is 928. The second kappa shape index (κ2) is 7.86. The summed E-state index contributed by atoms with van der Waals surface area (Å²) in [5.74, 6) is -0.0924. The minimum atomic E-state index is -0.0924. The third kappa shape index (κ3) is 3.88. The van der Waals surface area contributed by atoms with Gasteiger partial charge in [-0.05, 0) is 60.5 Å². The molecule has 0 fully saturated rings. The van der Waals surface area contributed by atoms with Crippen molar-refractivity contribution in [1.29, 1.82) is 0 Å². The Hall–Kier alpha value is -2.41. The molecule has 0 aliphatic heterocycles. The third-order valence-electron chi connectivity index (χ3n) is 4.35. The Labute approximate surface area is 161 Å². The van der Waals surface area contributed by atoms with Gasteiger partial charge in [0.1, 0.15) is 0 Å². The quantitative estimate of drug-likeness (QED) is 0.670. The average molecular weight is 416 g/mol. The van der Waals surface area contributed by atoms with Gasteiger partial charge in [-0.25, -0.2) is 0 Å². The van der Waals surface area contributed by atoms with E-state index in [1.165, 1.54) is 0 Å². The molecular formula is C19H22BrN5O. The lowest BCUT2D eigenvalue weighted by Crippen LogP contribution is -2.24. The number of halogens is 1. The van der Waals surface area contributed by atoms with Gasteiger partial charge in [0, 0.05) is 18.3 Å². The standard InChI is InChI=1S/C19H22BrN5O/c1-4-24-17(8-9-22-24)11-21-19(26)16-7-5-6-15(10-16)12-25-14(3)18(20)13(2)23-25/h5-10H,4,11-12H2,1-3H3,(H,21,26). The molecule has 6 nitrogen and oxygen atoms in total. The van der Waals surface area contributed by atoms with Crippen LogP contribution in [0.3, 0.4) is 0 Å². The average Bonchev–Trinajstić information content (AvgIpc) is 3.20. The molecule has 1 N–H and O–H groups in total. The van der Waals surface area contributed by atoms with Crippen LogP contribution in [0, 0.1) is 13.8 Å². The molecule has 0 radical (unpaired) electrons. The fourth-order valence-electron chi connectivity index (χ4n) is 2.88. The molecule has 0 aliphatic rings. The summed E-state index contributed by atoms with van der Waals surface area (Å²) in [5, 5.41) is 11.7. The second-order valence-corrected chi connectivity index (χ2v) is 6.96. The van der Waals surface area contributed by atoms with Crippen LogP contribution in [0.2, 0.25) is 0 Å². The van der Waals surface area contributed by atoms with Gasteiger partial charge < -0.3 is 5.32 Å². The molecule has 3 aromatic rings. The van der Waals surface area contributed by atoms with Crippen molar-refractivity contribution in [2.75, 3.05) is 0 Å². The second-order valence-electron chi connectivity index (χ2n) is 6.16. The van der Waals surface area contributed by atoms with Gasteiger partial charge >= 0.3 is 0 Å². The highest BCUT2D eigenvalue weighted by molar-refractivity contribution is 9.10. The van der Waals surface area contributed by atoms with Gasteiger partial charge in [0.2, 0.25) is 0 Å². The molecule has 0 unspecified atom stereocenters. The molecule has 3 rings (SSSR count). The van der Waals surface area contributed by atoms with Crippen LogP contribution in [0.4, 0.5) is 0 Å². The van der Waals surface area contributed by atoms with Crippen molar-refractivity contribution in [2.45, 2.75) is 40.4 Å². The number of nitrogens with one attached hydrogen (secondary N) is 1. The summed E-state index contributed by atoms with van der Waals surface area (Å²) in [4.78, 5) is 12.5. The number of benzene rings is 1. The number of nitrogens with zero attached hydrogens (tertiary/aromatic N) is 4. The first-order chi connectivity index (χ1) is 12.5. The fourth-order valence-corrected chi connectivity index (χ4v) is 3.16. The van der Waals surface area contributed by atoms with E-state index in [4.69, 9.17) is 0 Å². The maximum absolute atomic E-state index is 12.5. The van der Waals surface area contributed by atoms with E-state index in [1.807, 2.05) is 60.5 Å². The zero-order valence-electron chi connectivity index (χ0n) is 15.2. The van der Waals surface area contributed by atoms with Crippen molar-refractivity contribution < 1.29 is 4.79 Å². The van der Waals surface area contributed by atoms with Gasteiger partial charge in [0.15, 0.2) is 0 Å². The SMILES string of the molecule is CCn1nccc1CNC(=O)c1cccc(Cn2nc(C)c(Br)c2C)c1. The minimum Gasteiger partial charge on any atom is -0.346 e. The van der Waals surface area contributed by atoms with Gasteiger partial charge in [0.25, 0.3) is 5.91 Å². The maximum Gasteiger partial charge on any atom is 0.251 e. The van der Waals surface area contributed by atoms with E-state index in [0.29, 0.717) is 18.7 Å². The van der Waals surface area contributed by atoms with Crippen LogP contribution in [-0.2, 0) is 19.6 Å².